The highest BCUT2D eigenvalue weighted by Crippen LogP contribution is 2.37. The molecule has 6 nitrogen and oxygen atoms in total. The van der Waals surface area contributed by atoms with Crippen LogP contribution in [0, 0.1) is 0 Å². The van der Waals surface area contributed by atoms with Crippen molar-refractivity contribution in [3.05, 3.63) is 69.9 Å². The molecular formula is C20H22Cl2N4O2S2. The number of nitrogens with one attached hydrogen (secondary N) is 1. The SMILES string of the molecule is CC(C)c1nc(CNS(C)(=O)=O)n(Cc2ccccn2)c1Sc1cc(Cl)cc(Cl)c1. The summed E-state index contributed by atoms with van der Waals surface area (Å²) < 4.78 is 27.9. The molecule has 0 bridgehead atoms. The number of imidazole rings is 1. The second kappa shape index (κ2) is 9.70. The van der Waals surface area contributed by atoms with Crippen LogP contribution in [0.25, 0.3) is 0 Å². The summed E-state index contributed by atoms with van der Waals surface area (Å²) in [5.41, 5.74) is 1.72. The number of halogens is 2. The Kier molecular flexibility index (Phi) is 7.47. The Balaban J connectivity index is 2.09. The minimum absolute atomic E-state index is 0.0856. The maximum Gasteiger partial charge on any atom is 0.209 e. The fourth-order valence-electron chi connectivity index (χ4n) is 2.83. The molecule has 0 radical (unpaired) electrons. The molecule has 160 valence electrons. The lowest BCUT2D eigenvalue weighted by Gasteiger charge is -2.13. The van der Waals surface area contributed by atoms with Gasteiger partial charge in [-0.1, -0.05) is 54.9 Å². The Labute approximate surface area is 191 Å². The molecule has 3 rings (SSSR count). The Morgan fingerprint density at radius 2 is 1.87 bits per heavy atom. The van der Waals surface area contributed by atoms with E-state index in [-0.39, 0.29) is 12.5 Å². The molecule has 0 spiro atoms. The number of nitrogens with zero attached hydrogens (tertiary/aromatic N) is 3. The summed E-state index contributed by atoms with van der Waals surface area (Å²) in [6, 6.07) is 11.1. The normalized spacial score (nSPS) is 11.9. The van der Waals surface area contributed by atoms with Crippen molar-refractivity contribution in [1.82, 2.24) is 19.3 Å². The highest BCUT2D eigenvalue weighted by Gasteiger charge is 2.22. The highest BCUT2D eigenvalue weighted by molar-refractivity contribution is 7.99. The Bertz CT molecular complexity index is 1110. The van der Waals surface area contributed by atoms with Crippen molar-refractivity contribution in [3.8, 4) is 0 Å². The van der Waals surface area contributed by atoms with Gasteiger partial charge in [-0.2, -0.15) is 0 Å². The second-order valence-corrected chi connectivity index (χ2v) is 10.8. The van der Waals surface area contributed by atoms with Gasteiger partial charge in [0.2, 0.25) is 10.0 Å². The number of rotatable bonds is 8. The van der Waals surface area contributed by atoms with Crippen LogP contribution in [-0.2, 0) is 23.1 Å². The number of hydrogen-bond acceptors (Lipinski definition) is 5. The topological polar surface area (TPSA) is 76.9 Å². The lowest BCUT2D eigenvalue weighted by atomic mass is 10.1. The molecule has 0 aliphatic rings. The smallest absolute Gasteiger partial charge is 0.209 e. The van der Waals surface area contributed by atoms with Crippen LogP contribution >= 0.6 is 35.0 Å². The van der Waals surface area contributed by atoms with E-state index in [4.69, 9.17) is 28.2 Å². The van der Waals surface area contributed by atoms with E-state index in [1.807, 2.05) is 34.9 Å². The van der Waals surface area contributed by atoms with Gasteiger partial charge >= 0.3 is 0 Å². The van der Waals surface area contributed by atoms with Gasteiger partial charge in [0.15, 0.2) is 0 Å². The fraction of sp³-hybridized carbons (Fsp3) is 0.300. The number of hydrogen-bond donors (Lipinski definition) is 1. The summed E-state index contributed by atoms with van der Waals surface area (Å²) in [5, 5.41) is 2.00. The van der Waals surface area contributed by atoms with E-state index in [0.717, 1.165) is 27.6 Å². The zero-order chi connectivity index (χ0) is 21.9. The first-order chi connectivity index (χ1) is 14.1. The van der Waals surface area contributed by atoms with E-state index < -0.39 is 10.0 Å². The van der Waals surface area contributed by atoms with Crippen LogP contribution in [0.4, 0.5) is 0 Å². The monoisotopic (exact) mass is 484 g/mol. The molecule has 10 heteroatoms. The molecule has 2 aromatic heterocycles. The first-order valence-corrected chi connectivity index (χ1v) is 12.7. The minimum Gasteiger partial charge on any atom is -0.315 e. The van der Waals surface area contributed by atoms with Gasteiger partial charge in [0.25, 0.3) is 0 Å². The van der Waals surface area contributed by atoms with Gasteiger partial charge in [-0.05, 0) is 36.2 Å². The van der Waals surface area contributed by atoms with E-state index in [2.05, 4.69) is 23.6 Å². The van der Waals surface area contributed by atoms with Crippen molar-refractivity contribution < 1.29 is 8.42 Å². The third-order valence-corrected chi connectivity index (χ3v) is 6.36. The van der Waals surface area contributed by atoms with E-state index in [1.54, 1.807) is 12.3 Å². The van der Waals surface area contributed by atoms with Gasteiger partial charge in [0.05, 0.1) is 30.7 Å². The third kappa shape index (κ3) is 6.21. The van der Waals surface area contributed by atoms with Crippen LogP contribution in [-0.4, -0.2) is 29.2 Å². The third-order valence-electron chi connectivity index (χ3n) is 4.16. The van der Waals surface area contributed by atoms with Crippen LogP contribution in [0.3, 0.4) is 0 Å². The maximum atomic E-state index is 11.7. The molecule has 0 fully saturated rings. The number of benzene rings is 1. The van der Waals surface area contributed by atoms with Gasteiger partial charge in [0, 0.05) is 21.1 Å². The van der Waals surface area contributed by atoms with Crippen molar-refractivity contribution in [2.45, 2.75) is 42.8 Å². The zero-order valence-electron chi connectivity index (χ0n) is 16.8. The van der Waals surface area contributed by atoms with Crippen molar-refractivity contribution >= 4 is 45.0 Å². The molecule has 0 saturated heterocycles. The van der Waals surface area contributed by atoms with Crippen LogP contribution in [0.5, 0.6) is 0 Å². The molecule has 0 amide bonds. The largest absolute Gasteiger partial charge is 0.315 e. The first kappa shape index (κ1) is 23.1. The molecule has 3 aromatic rings. The van der Waals surface area contributed by atoms with Crippen molar-refractivity contribution in [3.63, 3.8) is 0 Å². The predicted molar refractivity (Wildman–Crippen MR) is 122 cm³/mol. The summed E-state index contributed by atoms with van der Waals surface area (Å²) in [6.45, 7) is 4.65. The Morgan fingerprint density at radius 3 is 2.43 bits per heavy atom. The van der Waals surface area contributed by atoms with E-state index >= 15 is 0 Å². The molecule has 2 heterocycles. The van der Waals surface area contributed by atoms with E-state index in [1.165, 1.54) is 11.8 Å². The van der Waals surface area contributed by atoms with Crippen molar-refractivity contribution in [2.24, 2.45) is 0 Å². The number of pyridine rings is 1. The summed E-state index contributed by atoms with van der Waals surface area (Å²) in [7, 11) is -3.37. The summed E-state index contributed by atoms with van der Waals surface area (Å²) in [4.78, 5) is 10.1. The van der Waals surface area contributed by atoms with Gasteiger partial charge < -0.3 is 4.57 Å². The number of aromatic nitrogens is 3. The van der Waals surface area contributed by atoms with Gasteiger partial charge in [-0.3, -0.25) is 4.98 Å². The van der Waals surface area contributed by atoms with Gasteiger partial charge in [-0.15, -0.1) is 0 Å². The molecule has 1 aromatic carbocycles. The number of sulfonamides is 1. The zero-order valence-corrected chi connectivity index (χ0v) is 19.9. The van der Waals surface area contributed by atoms with Crippen LogP contribution in [0.15, 0.2) is 52.5 Å². The van der Waals surface area contributed by atoms with Crippen LogP contribution in [0.1, 0.15) is 37.0 Å². The maximum absolute atomic E-state index is 11.7. The molecular weight excluding hydrogens is 463 g/mol. The molecule has 30 heavy (non-hydrogen) atoms. The first-order valence-electron chi connectivity index (χ1n) is 9.20. The predicted octanol–water partition coefficient (Wildman–Crippen LogP) is 4.96. The summed E-state index contributed by atoms with van der Waals surface area (Å²) >= 11 is 13.9. The molecule has 0 aliphatic heterocycles. The van der Waals surface area contributed by atoms with Gasteiger partial charge in [-0.25, -0.2) is 18.1 Å². The molecule has 0 unspecified atom stereocenters. The highest BCUT2D eigenvalue weighted by atomic mass is 35.5. The summed E-state index contributed by atoms with van der Waals surface area (Å²) in [6.07, 6.45) is 2.86. The fourth-order valence-corrected chi connectivity index (χ4v) is 5.14. The Hall–Kier alpha value is -1.58. The van der Waals surface area contributed by atoms with E-state index in [9.17, 15) is 8.42 Å². The second-order valence-electron chi connectivity index (χ2n) is 7.08. The van der Waals surface area contributed by atoms with Gasteiger partial charge in [0.1, 0.15) is 10.9 Å². The average Bonchev–Trinajstić information content (AvgIpc) is 2.97. The van der Waals surface area contributed by atoms with Crippen molar-refractivity contribution in [1.29, 1.82) is 0 Å². The average molecular weight is 485 g/mol. The molecule has 0 saturated carbocycles. The van der Waals surface area contributed by atoms with Crippen LogP contribution in [0.2, 0.25) is 10.0 Å². The lowest BCUT2D eigenvalue weighted by Crippen LogP contribution is -2.23. The quantitative estimate of drug-likeness (QED) is 0.488. The molecule has 0 atom stereocenters. The van der Waals surface area contributed by atoms with E-state index in [0.29, 0.717) is 22.4 Å². The van der Waals surface area contributed by atoms with Crippen molar-refractivity contribution in [2.75, 3.05) is 6.26 Å². The standard InChI is InChI=1S/C20H22Cl2N4O2S2/c1-13(2)19-20(29-17-9-14(21)8-15(22)10-17)26(12-16-6-4-5-7-23-16)18(25-19)11-24-30(3,27)28/h4-10,13,24H,11-12H2,1-3H3. The minimum atomic E-state index is -3.37. The van der Waals surface area contributed by atoms with Crippen LogP contribution < -0.4 is 4.72 Å². The lowest BCUT2D eigenvalue weighted by molar-refractivity contribution is 0.579. The summed E-state index contributed by atoms with van der Waals surface area (Å²) in [5.74, 6) is 0.745. The molecule has 1 N–H and O–H groups in total. The molecule has 0 aliphatic carbocycles. The Morgan fingerprint density at radius 1 is 1.17 bits per heavy atom.